The largest absolute Gasteiger partial charge is 0.497 e. The molecule has 1 fully saturated rings. The summed E-state index contributed by atoms with van der Waals surface area (Å²) in [5, 5.41) is 10.7. The van der Waals surface area contributed by atoms with Gasteiger partial charge in [0.1, 0.15) is 23.0 Å². The van der Waals surface area contributed by atoms with Crippen molar-refractivity contribution in [3.05, 3.63) is 54.1 Å². The molecule has 0 spiro atoms. The molecule has 0 unspecified atom stereocenters. The number of anilines is 1. The van der Waals surface area contributed by atoms with Crippen LogP contribution in [0.2, 0.25) is 0 Å². The zero-order valence-electron chi connectivity index (χ0n) is 19.7. The minimum Gasteiger partial charge on any atom is -0.497 e. The van der Waals surface area contributed by atoms with Crippen LogP contribution in [0.5, 0.6) is 5.75 Å². The van der Waals surface area contributed by atoms with E-state index in [-0.39, 0.29) is 17.5 Å². The molecule has 8 heteroatoms. The maximum absolute atomic E-state index is 14.0. The number of hydrogen-bond acceptors (Lipinski definition) is 6. The summed E-state index contributed by atoms with van der Waals surface area (Å²) in [6, 6.07) is 11.9. The topological polar surface area (TPSA) is 99.1 Å². The van der Waals surface area contributed by atoms with Gasteiger partial charge in [-0.2, -0.15) is 0 Å². The number of aryl methyl sites for hydroxylation is 1. The van der Waals surface area contributed by atoms with Gasteiger partial charge in [0.15, 0.2) is 17.0 Å². The minimum absolute atomic E-state index is 0.206. The second-order valence-corrected chi connectivity index (χ2v) is 8.86. The first-order valence-corrected chi connectivity index (χ1v) is 11.6. The second kappa shape index (κ2) is 9.01. The van der Waals surface area contributed by atoms with Gasteiger partial charge in [-0.3, -0.25) is 0 Å². The number of nitrogens with two attached hydrogens (primary N) is 1. The van der Waals surface area contributed by atoms with Gasteiger partial charge in [-0.1, -0.05) is 24.5 Å². The fourth-order valence-electron chi connectivity index (χ4n) is 4.55. The highest BCUT2D eigenvalue weighted by atomic mass is 19.1. The number of nitrogens with zero attached hydrogens (tertiary/aromatic N) is 4. The molecule has 0 radical (unpaired) electrons. The number of aromatic nitrogens is 4. The van der Waals surface area contributed by atoms with Gasteiger partial charge in [0.25, 0.3) is 0 Å². The Hall–Kier alpha value is -3.96. The lowest BCUT2D eigenvalue weighted by Gasteiger charge is -2.26. The molecular weight excluding hydrogens is 445 g/mol. The van der Waals surface area contributed by atoms with E-state index < -0.39 is 5.60 Å². The number of imidazole rings is 1. The predicted molar refractivity (Wildman–Crippen MR) is 133 cm³/mol. The molecule has 3 N–H and O–H groups in total. The van der Waals surface area contributed by atoms with E-state index in [0.29, 0.717) is 41.1 Å². The summed E-state index contributed by atoms with van der Waals surface area (Å²) >= 11 is 0. The van der Waals surface area contributed by atoms with Crippen molar-refractivity contribution in [2.45, 2.75) is 37.7 Å². The molecule has 0 amide bonds. The Balaban J connectivity index is 1.63. The number of aliphatic hydroxyl groups is 1. The van der Waals surface area contributed by atoms with Gasteiger partial charge < -0.3 is 20.1 Å². The van der Waals surface area contributed by atoms with Crippen molar-refractivity contribution < 1.29 is 14.2 Å². The SMILES string of the molecule is COc1ccc(-c2nc3c(N)nc(C#CC4(O)CCCCC4)nc3n2C)c(-c2cccc(F)c2)c1. The zero-order chi connectivity index (χ0) is 24.6. The Kier molecular flexibility index (Phi) is 5.87. The average Bonchev–Trinajstić information content (AvgIpc) is 3.19. The van der Waals surface area contributed by atoms with Crippen LogP contribution in [0.1, 0.15) is 37.9 Å². The number of fused-ring (bicyclic) bond motifs is 1. The Bertz CT molecular complexity index is 1480. The quantitative estimate of drug-likeness (QED) is 0.428. The minimum atomic E-state index is -1.01. The van der Waals surface area contributed by atoms with Crippen molar-refractivity contribution >= 4 is 17.0 Å². The van der Waals surface area contributed by atoms with E-state index in [1.54, 1.807) is 13.2 Å². The van der Waals surface area contributed by atoms with Gasteiger partial charge in [0, 0.05) is 12.6 Å². The number of ether oxygens (including phenoxy) is 1. The van der Waals surface area contributed by atoms with Crippen LogP contribution in [-0.2, 0) is 7.05 Å². The zero-order valence-corrected chi connectivity index (χ0v) is 19.7. The number of benzene rings is 2. The number of halogens is 1. The van der Waals surface area contributed by atoms with Crippen LogP contribution in [0, 0.1) is 17.7 Å². The molecular formula is C27H26FN5O2. The van der Waals surface area contributed by atoms with Gasteiger partial charge in [0.2, 0.25) is 5.82 Å². The fraction of sp³-hybridized carbons (Fsp3) is 0.296. The van der Waals surface area contributed by atoms with E-state index >= 15 is 0 Å². The first kappa shape index (κ1) is 22.8. The second-order valence-electron chi connectivity index (χ2n) is 8.86. The van der Waals surface area contributed by atoms with Gasteiger partial charge in [0.05, 0.1) is 7.11 Å². The summed E-state index contributed by atoms with van der Waals surface area (Å²) < 4.78 is 21.3. The smallest absolute Gasteiger partial charge is 0.209 e. The molecule has 2 aromatic heterocycles. The summed E-state index contributed by atoms with van der Waals surface area (Å²) in [6.07, 6.45) is 4.31. The van der Waals surface area contributed by atoms with Crippen LogP contribution >= 0.6 is 0 Å². The molecule has 0 saturated heterocycles. The summed E-state index contributed by atoms with van der Waals surface area (Å²) in [5.74, 6) is 7.23. The van der Waals surface area contributed by atoms with Crippen molar-refractivity contribution in [2.24, 2.45) is 7.05 Å². The van der Waals surface area contributed by atoms with E-state index in [1.165, 1.54) is 12.1 Å². The van der Waals surface area contributed by atoms with Gasteiger partial charge in [-0.25, -0.2) is 19.3 Å². The maximum atomic E-state index is 14.0. The highest BCUT2D eigenvalue weighted by Crippen LogP contribution is 2.36. The van der Waals surface area contributed by atoms with Crippen LogP contribution in [0.3, 0.4) is 0 Å². The summed E-state index contributed by atoms with van der Waals surface area (Å²) in [4.78, 5) is 13.6. The third-order valence-corrected chi connectivity index (χ3v) is 6.44. The highest BCUT2D eigenvalue weighted by molar-refractivity contribution is 5.89. The lowest BCUT2D eigenvalue weighted by molar-refractivity contribution is 0.0610. The van der Waals surface area contributed by atoms with Gasteiger partial charge in [-0.15, -0.1) is 0 Å². The molecule has 1 aliphatic rings. The van der Waals surface area contributed by atoms with E-state index in [1.807, 2.05) is 35.9 Å². The Morgan fingerprint density at radius 3 is 2.60 bits per heavy atom. The molecule has 0 aliphatic heterocycles. The molecule has 0 bridgehead atoms. The van der Waals surface area contributed by atoms with Crippen molar-refractivity contribution in [3.8, 4) is 40.1 Å². The predicted octanol–water partition coefficient (Wildman–Crippen LogP) is 4.47. The Morgan fingerprint density at radius 2 is 1.86 bits per heavy atom. The van der Waals surface area contributed by atoms with Crippen molar-refractivity contribution in [2.75, 3.05) is 12.8 Å². The number of rotatable bonds is 3. The third kappa shape index (κ3) is 4.43. The molecule has 4 aromatic rings. The summed E-state index contributed by atoms with van der Waals surface area (Å²) in [7, 11) is 3.42. The lowest BCUT2D eigenvalue weighted by Crippen LogP contribution is -2.29. The monoisotopic (exact) mass is 471 g/mol. The van der Waals surface area contributed by atoms with Crippen molar-refractivity contribution in [1.29, 1.82) is 0 Å². The summed E-state index contributed by atoms with van der Waals surface area (Å²) in [6.45, 7) is 0. The van der Waals surface area contributed by atoms with E-state index in [4.69, 9.17) is 15.5 Å². The van der Waals surface area contributed by atoms with E-state index in [9.17, 15) is 9.50 Å². The molecule has 1 aliphatic carbocycles. The Labute approximate surface area is 202 Å². The molecule has 2 heterocycles. The molecule has 5 rings (SSSR count). The highest BCUT2D eigenvalue weighted by Gasteiger charge is 2.27. The van der Waals surface area contributed by atoms with Crippen LogP contribution in [0.25, 0.3) is 33.7 Å². The molecule has 1 saturated carbocycles. The van der Waals surface area contributed by atoms with Crippen molar-refractivity contribution in [1.82, 2.24) is 19.5 Å². The van der Waals surface area contributed by atoms with Crippen LogP contribution in [-0.4, -0.2) is 37.3 Å². The molecule has 0 atom stereocenters. The number of nitrogen functional groups attached to an aromatic ring is 1. The first-order valence-electron chi connectivity index (χ1n) is 11.6. The lowest BCUT2D eigenvalue weighted by atomic mass is 9.85. The van der Waals surface area contributed by atoms with Crippen LogP contribution < -0.4 is 10.5 Å². The molecule has 7 nitrogen and oxygen atoms in total. The molecule has 2 aromatic carbocycles. The fourth-order valence-corrected chi connectivity index (χ4v) is 4.55. The third-order valence-electron chi connectivity index (χ3n) is 6.44. The van der Waals surface area contributed by atoms with Crippen LogP contribution in [0.4, 0.5) is 10.2 Å². The van der Waals surface area contributed by atoms with Crippen molar-refractivity contribution in [3.63, 3.8) is 0 Å². The normalized spacial score (nSPS) is 15.0. The maximum Gasteiger partial charge on any atom is 0.209 e. The van der Waals surface area contributed by atoms with Crippen LogP contribution in [0.15, 0.2) is 42.5 Å². The molecule has 35 heavy (non-hydrogen) atoms. The van der Waals surface area contributed by atoms with E-state index in [0.717, 1.165) is 30.4 Å². The summed E-state index contributed by atoms with van der Waals surface area (Å²) in [5.41, 5.74) is 8.42. The van der Waals surface area contributed by atoms with Gasteiger partial charge in [-0.05, 0) is 73.1 Å². The number of hydrogen-bond donors (Lipinski definition) is 2. The van der Waals surface area contributed by atoms with E-state index in [2.05, 4.69) is 21.8 Å². The first-order chi connectivity index (χ1) is 16.9. The molecule has 178 valence electrons. The Morgan fingerprint density at radius 1 is 1.06 bits per heavy atom. The average molecular weight is 472 g/mol. The van der Waals surface area contributed by atoms with Gasteiger partial charge >= 0.3 is 0 Å². The standard InChI is InChI=1S/C27H26FN5O2/c1-33-25(20-10-9-19(35-2)16-21(20)17-7-6-8-18(28)15-17)32-23-24(29)30-22(31-26(23)33)11-14-27(34)12-4-3-5-13-27/h6-10,15-16,34H,3-5,12-13H2,1-2H3,(H2,29,30,31). The number of methoxy groups -OCH3 is 1.